The number of phenols is 1. The lowest BCUT2D eigenvalue weighted by Crippen LogP contribution is -2.15. The van der Waals surface area contributed by atoms with Crippen molar-refractivity contribution in [1.82, 2.24) is 0 Å². The van der Waals surface area contributed by atoms with E-state index < -0.39 is 80.7 Å². The van der Waals surface area contributed by atoms with Crippen molar-refractivity contribution in [2.24, 2.45) is 4.99 Å². The van der Waals surface area contributed by atoms with Gasteiger partial charge in [-0.15, -0.1) is 0 Å². The van der Waals surface area contributed by atoms with E-state index in [0.29, 0.717) is 29.3 Å². The number of aromatic hydroxyl groups is 1. The first-order chi connectivity index (χ1) is 21.6. The minimum atomic E-state index is -5.27. The van der Waals surface area contributed by atoms with Crippen LogP contribution in [0.15, 0.2) is 65.7 Å². The lowest BCUT2D eigenvalue weighted by Gasteiger charge is -2.26. The smallest absolute Gasteiger partial charge is 0.420 e. The van der Waals surface area contributed by atoms with Crippen LogP contribution >= 0.6 is 0 Å². The summed E-state index contributed by atoms with van der Waals surface area (Å²) < 4.78 is 108. The van der Waals surface area contributed by atoms with Crippen molar-refractivity contribution in [2.75, 3.05) is 7.11 Å². The van der Waals surface area contributed by atoms with Crippen molar-refractivity contribution in [3.63, 3.8) is 0 Å². The van der Waals surface area contributed by atoms with Gasteiger partial charge in [-0.2, -0.15) is 26.3 Å². The Morgan fingerprint density at radius 1 is 0.913 bits per heavy atom. The number of carboxylic acid groups (broad SMARTS) is 1. The van der Waals surface area contributed by atoms with Gasteiger partial charge in [-0.3, -0.25) is 4.99 Å². The van der Waals surface area contributed by atoms with Gasteiger partial charge >= 0.3 is 24.3 Å². The number of esters is 1. The summed E-state index contributed by atoms with van der Waals surface area (Å²) in [4.78, 5) is 29.3. The Labute approximate surface area is 255 Å². The normalized spacial score (nSPS) is 12.9. The second-order valence-electron chi connectivity index (χ2n) is 9.97. The van der Waals surface area contributed by atoms with E-state index in [1.807, 2.05) is 0 Å². The number of hydrogen-bond donors (Lipinski definition) is 2. The third-order valence-electron chi connectivity index (χ3n) is 7.23. The van der Waals surface area contributed by atoms with Gasteiger partial charge in [0.05, 0.1) is 24.8 Å². The van der Waals surface area contributed by atoms with Crippen LogP contribution in [0.1, 0.15) is 43.0 Å². The van der Waals surface area contributed by atoms with Gasteiger partial charge in [0.1, 0.15) is 11.1 Å². The summed E-state index contributed by atoms with van der Waals surface area (Å²) in [7, 11) is 0.856. The number of alkyl halides is 6. The zero-order valence-electron chi connectivity index (χ0n) is 23.4. The highest BCUT2D eigenvalue weighted by molar-refractivity contribution is 6.07. The van der Waals surface area contributed by atoms with E-state index in [-0.39, 0.29) is 24.1 Å². The van der Waals surface area contributed by atoms with E-state index in [1.165, 1.54) is 12.1 Å². The molecule has 4 aromatic carbocycles. The fourth-order valence-electron chi connectivity index (χ4n) is 5.21. The van der Waals surface area contributed by atoms with Crippen LogP contribution in [0.4, 0.5) is 30.7 Å². The maximum absolute atomic E-state index is 15.5. The molecule has 0 amide bonds. The third-order valence-corrected chi connectivity index (χ3v) is 7.23. The first kappa shape index (κ1) is 32.0. The molecule has 1 heterocycles. The van der Waals surface area contributed by atoms with E-state index in [2.05, 4.69) is 4.99 Å². The molecule has 4 aromatic rings. The predicted molar refractivity (Wildman–Crippen MR) is 150 cm³/mol. The number of rotatable bonds is 6. The zero-order chi connectivity index (χ0) is 33.6. The molecule has 2 N–H and O–H groups in total. The summed E-state index contributed by atoms with van der Waals surface area (Å²) in [5, 5.41) is 21.0. The largest absolute Gasteiger partial charge is 0.504 e. The standard InChI is InChI=1S/C32H20F7NO6/c1-45-28-25(29(42)43)23(24(26(27(28)41)32(37,38)39)19-4-2-3-15-11-12-40-14-20(15)19)17-7-10-22(21(33)13-17)46-30(44)16-5-8-18(9-6-16)31(34,35)36/h2-10,12-13,41H,11,14H2,1H3,(H,42,43). The molecular formula is C32H20F7NO6. The van der Waals surface area contributed by atoms with E-state index in [1.54, 1.807) is 12.3 Å². The molecular weight excluding hydrogens is 627 g/mol. The minimum absolute atomic E-state index is 0.0648. The molecule has 0 bridgehead atoms. The number of carboxylic acids is 1. The lowest BCUT2D eigenvalue weighted by molar-refractivity contribution is -0.138. The van der Waals surface area contributed by atoms with Crippen LogP contribution in [0.5, 0.6) is 17.2 Å². The van der Waals surface area contributed by atoms with Crippen LogP contribution in [0.2, 0.25) is 0 Å². The van der Waals surface area contributed by atoms with Gasteiger partial charge < -0.3 is 19.7 Å². The maximum Gasteiger partial charge on any atom is 0.420 e. The lowest BCUT2D eigenvalue weighted by atomic mass is 9.82. The van der Waals surface area contributed by atoms with Gasteiger partial charge in [0.2, 0.25) is 0 Å². The van der Waals surface area contributed by atoms with Crippen molar-refractivity contribution in [3.8, 4) is 39.5 Å². The number of halogens is 7. The quantitative estimate of drug-likeness (QED) is 0.125. The van der Waals surface area contributed by atoms with Crippen molar-refractivity contribution >= 4 is 18.2 Å². The number of benzene rings is 4. The summed E-state index contributed by atoms with van der Waals surface area (Å²) >= 11 is 0. The Morgan fingerprint density at radius 2 is 1.61 bits per heavy atom. The van der Waals surface area contributed by atoms with Crippen molar-refractivity contribution in [1.29, 1.82) is 0 Å². The number of methoxy groups -OCH3 is 1. The Kier molecular flexibility index (Phi) is 8.24. The topological polar surface area (TPSA) is 105 Å². The highest BCUT2D eigenvalue weighted by atomic mass is 19.4. The van der Waals surface area contributed by atoms with Crippen LogP contribution in [-0.4, -0.2) is 35.5 Å². The number of carbonyl (C=O) groups is 2. The van der Waals surface area contributed by atoms with Gasteiger partial charge in [0.25, 0.3) is 0 Å². The fraction of sp³-hybridized carbons (Fsp3) is 0.156. The van der Waals surface area contributed by atoms with Gasteiger partial charge in [0.15, 0.2) is 23.1 Å². The van der Waals surface area contributed by atoms with E-state index in [4.69, 9.17) is 9.47 Å². The SMILES string of the molecule is COc1c(O)c(C(F)(F)F)c(-c2cccc3c2CN=CC3)c(-c2ccc(OC(=O)c3ccc(C(F)(F)F)cc3)c(F)c2)c1C(=O)O. The van der Waals surface area contributed by atoms with Crippen LogP contribution in [0.25, 0.3) is 22.3 Å². The van der Waals surface area contributed by atoms with Crippen LogP contribution < -0.4 is 9.47 Å². The van der Waals surface area contributed by atoms with Crippen molar-refractivity contribution in [2.45, 2.75) is 25.3 Å². The fourth-order valence-corrected chi connectivity index (χ4v) is 5.21. The number of hydrogen-bond acceptors (Lipinski definition) is 6. The Bertz CT molecular complexity index is 1900. The van der Waals surface area contributed by atoms with E-state index >= 15 is 4.39 Å². The number of carbonyl (C=O) groups excluding carboxylic acids is 1. The molecule has 0 radical (unpaired) electrons. The molecule has 0 spiro atoms. The molecule has 0 aromatic heterocycles. The number of nitrogens with zero attached hydrogens (tertiary/aromatic N) is 1. The maximum atomic E-state index is 15.5. The summed E-state index contributed by atoms with van der Waals surface area (Å²) in [6.45, 7) is -0.0648. The minimum Gasteiger partial charge on any atom is -0.504 e. The zero-order valence-corrected chi connectivity index (χ0v) is 23.4. The molecule has 1 aliphatic heterocycles. The third kappa shape index (κ3) is 5.85. The number of ether oxygens (including phenoxy) is 2. The Morgan fingerprint density at radius 3 is 2.20 bits per heavy atom. The molecule has 0 saturated carbocycles. The summed E-state index contributed by atoms with van der Waals surface area (Å²) in [6.07, 6.45) is -8.12. The molecule has 1 aliphatic rings. The summed E-state index contributed by atoms with van der Waals surface area (Å²) in [5.74, 6) is -7.64. The van der Waals surface area contributed by atoms with Crippen LogP contribution in [0.3, 0.4) is 0 Å². The average Bonchev–Trinajstić information content (AvgIpc) is 3.00. The molecule has 14 heteroatoms. The van der Waals surface area contributed by atoms with Crippen molar-refractivity contribution < 1.29 is 60.0 Å². The molecule has 238 valence electrons. The number of aromatic carboxylic acids is 1. The van der Waals surface area contributed by atoms with Gasteiger partial charge in [-0.25, -0.2) is 14.0 Å². The second-order valence-corrected chi connectivity index (χ2v) is 9.97. The van der Waals surface area contributed by atoms with Gasteiger partial charge in [-0.1, -0.05) is 24.3 Å². The predicted octanol–water partition coefficient (Wildman–Crippen LogP) is 7.96. The molecule has 0 fully saturated rings. The summed E-state index contributed by atoms with van der Waals surface area (Å²) in [6, 6.07) is 9.73. The number of fused-ring (bicyclic) bond motifs is 1. The van der Waals surface area contributed by atoms with Gasteiger partial charge in [-0.05, 0) is 58.7 Å². The highest BCUT2D eigenvalue weighted by Crippen LogP contribution is 2.54. The van der Waals surface area contributed by atoms with Crippen LogP contribution in [-0.2, 0) is 25.3 Å². The first-order valence-electron chi connectivity index (χ1n) is 13.2. The van der Waals surface area contributed by atoms with Crippen molar-refractivity contribution in [3.05, 3.63) is 99.9 Å². The molecule has 0 saturated heterocycles. The Hall–Kier alpha value is -5.40. The monoisotopic (exact) mass is 647 g/mol. The molecule has 5 rings (SSSR count). The number of aliphatic imine (C=N–C) groups is 1. The molecule has 7 nitrogen and oxygen atoms in total. The van der Waals surface area contributed by atoms with E-state index in [9.17, 15) is 46.1 Å². The first-order valence-corrected chi connectivity index (χ1v) is 13.2. The van der Waals surface area contributed by atoms with E-state index in [0.717, 1.165) is 31.4 Å². The second kappa shape index (κ2) is 11.8. The highest BCUT2D eigenvalue weighted by Gasteiger charge is 2.43. The summed E-state index contributed by atoms with van der Waals surface area (Å²) in [5.41, 5.74) is -4.99. The average molecular weight is 647 g/mol. The molecule has 0 aliphatic carbocycles. The Balaban J connectivity index is 1.71. The van der Waals surface area contributed by atoms with Gasteiger partial charge in [0, 0.05) is 23.8 Å². The molecule has 0 unspecified atom stereocenters. The number of phenolic OH excluding ortho intramolecular Hbond substituents is 1. The molecule has 0 atom stereocenters. The van der Waals surface area contributed by atoms with Crippen LogP contribution in [0, 0.1) is 5.82 Å². The molecule has 46 heavy (non-hydrogen) atoms.